The number of hydrogen-bond donors (Lipinski definition) is 1. The van der Waals surface area contributed by atoms with Crippen LogP contribution in [0.5, 0.6) is 0 Å². The van der Waals surface area contributed by atoms with E-state index in [4.69, 9.17) is 0 Å². The Morgan fingerprint density at radius 3 is 2.72 bits per heavy atom. The van der Waals surface area contributed by atoms with Gasteiger partial charge < -0.3 is 9.88 Å². The standard InChI is InChI=1S/C11H16N6S/c1-5-8-14-9(12-3)7(2)10(15-8)18-11-16-13-6-17(11)4/h6H,5H2,1-4H3,(H,12,14,15). The summed E-state index contributed by atoms with van der Waals surface area (Å²) in [6.07, 6.45) is 2.49. The van der Waals surface area contributed by atoms with Crippen LogP contribution in [0.15, 0.2) is 16.5 Å². The monoisotopic (exact) mass is 264 g/mol. The van der Waals surface area contributed by atoms with Crippen LogP contribution in [-0.2, 0) is 13.5 Å². The first-order valence-corrected chi connectivity index (χ1v) is 6.54. The number of nitrogens with zero attached hydrogens (tertiary/aromatic N) is 5. The van der Waals surface area contributed by atoms with Gasteiger partial charge in [-0.2, -0.15) is 0 Å². The highest BCUT2D eigenvalue weighted by Crippen LogP contribution is 2.29. The van der Waals surface area contributed by atoms with Crippen LogP contribution in [0.4, 0.5) is 5.82 Å². The van der Waals surface area contributed by atoms with E-state index in [1.54, 1.807) is 6.33 Å². The fourth-order valence-corrected chi connectivity index (χ4v) is 2.35. The van der Waals surface area contributed by atoms with Gasteiger partial charge in [0.15, 0.2) is 5.16 Å². The number of aromatic nitrogens is 5. The fraction of sp³-hybridized carbons (Fsp3) is 0.455. The topological polar surface area (TPSA) is 68.5 Å². The van der Waals surface area contributed by atoms with E-state index in [2.05, 4.69) is 25.5 Å². The lowest BCUT2D eigenvalue weighted by Crippen LogP contribution is -2.04. The SMILES string of the molecule is CCc1nc(NC)c(C)c(Sc2nncn2C)n1. The van der Waals surface area contributed by atoms with Crippen molar-refractivity contribution in [2.75, 3.05) is 12.4 Å². The summed E-state index contributed by atoms with van der Waals surface area (Å²) in [4.78, 5) is 8.99. The van der Waals surface area contributed by atoms with Crippen molar-refractivity contribution in [2.24, 2.45) is 7.05 Å². The summed E-state index contributed by atoms with van der Waals surface area (Å²) in [6, 6.07) is 0. The highest BCUT2D eigenvalue weighted by molar-refractivity contribution is 7.99. The number of rotatable bonds is 4. The van der Waals surface area contributed by atoms with Crippen molar-refractivity contribution in [2.45, 2.75) is 30.5 Å². The van der Waals surface area contributed by atoms with Gasteiger partial charge in [-0.25, -0.2) is 9.97 Å². The third kappa shape index (κ3) is 2.45. The van der Waals surface area contributed by atoms with Gasteiger partial charge in [0.2, 0.25) is 0 Å². The van der Waals surface area contributed by atoms with Gasteiger partial charge in [-0.1, -0.05) is 6.92 Å². The maximum absolute atomic E-state index is 4.55. The van der Waals surface area contributed by atoms with Crippen LogP contribution in [0, 0.1) is 6.92 Å². The van der Waals surface area contributed by atoms with Crippen molar-refractivity contribution in [3.05, 3.63) is 17.7 Å². The smallest absolute Gasteiger partial charge is 0.197 e. The Balaban J connectivity index is 2.40. The molecule has 6 nitrogen and oxygen atoms in total. The van der Waals surface area contributed by atoms with Gasteiger partial charge in [0.1, 0.15) is 23.0 Å². The Bertz CT molecular complexity index is 550. The lowest BCUT2D eigenvalue weighted by atomic mass is 10.3. The summed E-state index contributed by atoms with van der Waals surface area (Å²) in [7, 11) is 3.78. The van der Waals surface area contributed by atoms with Gasteiger partial charge in [0, 0.05) is 26.1 Å². The third-order valence-electron chi connectivity index (χ3n) is 2.56. The maximum atomic E-state index is 4.55. The lowest BCUT2D eigenvalue weighted by Gasteiger charge is -2.10. The Kier molecular flexibility index (Phi) is 3.81. The summed E-state index contributed by atoms with van der Waals surface area (Å²) in [6.45, 7) is 4.05. The molecule has 2 aromatic heterocycles. The second-order valence-electron chi connectivity index (χ2n) is 3.85. The van der Waals surface area contributed by atoms with Gasteiger partial charge in [0.05, 0.1) is 0 Å². The Morgan fingerprint density at radius 1 is 1.39 bits per heavy atom. The van der Waals surface area contributed by atoms with Gasteiger partial charge >= 0.3 is 0 Å². The second-order valence-corrected chi connectivity index (χ2v) is 4.80. The predicted octanol–water partition coefficient (Wildman–Crippen LogP) is 1.67. The number of nitrogens with one attached hydrogen (secondary N) is 1. The maximum Gasteiger partial charge on any atom is 0.197 e. The molecule has 0 radical (unpaired) electrons. The summed E-state index contributed by atoms with van der Waals surface area (Å²) in [5, 5.41) is 12.8. The molecule has 0 bridgehead atoms. The van der Waals surface area contributed by atoms with E-state index in [0.717, 1.165) is 33.8 Å². The summed E-state index contributed by atoms with van der Waals surface area (Å²) in [5.41, 5.74) is 1.03. The lowest BCUT2D eigenvalue weighted by molar-refractivity contribution is 0.784. The molecule has 0 spiro atoms. The van der Waals surface area contributed by atoms with Crippen LogP contribution in [0.2, 0.25) is 0 Å². The molecule has 0 unspecified atom stereocenters. The van der Waals surface area contributed by atoms with Gasteiger partial charge in [0.25, 0.3) is 0 Å². The van der Waals surface area contributed by atoms with E-state index >= 15 is 0 Å². The molecule has 7 heteroatoms. The second kappa shape index (κ2) is 5.34. The first-order valence-electron chi connectivity index (χ1n) is 5.72. The van der Waals surface area contributed by atoms with Crippen LogP contribution < -0.4 is 5.32 Å². The molecule has 96 valence electrons. The molecule has 2 aromatic rings. The van der Waals surface area contributed by atoms with E-state index in [1.165, 1.54) is 11.8 Å². The van der Waals surface area contributed by atoms with Crippen LogP contribution >= 0.6 is 11.8 Å². The zero-order valence-electron chi connectivity index (χ0n) is 10.9. The van der Waals surface area contributed by atoms with Crippen LogP contribution in [-0.4, -0.2) is 31.8 Å². The molecule has 0 atom stereocenters. The molecule has 18 heavy (non-hydrogen) atoms. The average Bonchev–Trinajstić information content (AvgIpc) is 2.77. The highest BCUT2D eigenvalue weighted by Gasteiger charge is 2.13. The minimum Gasteiger partial charge on any atom is -0.373 e. The van der Waals surface area contributed by atoms with Gasteiger partial charge in [-0.3, -0.25) is 0 Å². The molecule has 0 saturated heterocycles. The quantitative estimate of drug-likeness (QED) is 0.847. The molecule has 0 aliphatic heterocycles. The van der Waals surface area contributed by atoms with E-state index in [1.807, 2.05) is 32.5 Å². The minimum absolute atomic E-state index is 0.807. The van der Waals surface area contributed by atoms with Crippen LogP contribution in [0.3, 0.4) is 0 Å². The fourth-order valence-electron chi connectivity index (χ4n) is 1.49. The van der Waals surface area contributed by atoms with E-state index in [0.29, 0.717) is 0 Å². The largest absolute Gasteiger partial charge is 0.373 e. The Labute approximate surface area is 110 Å². The zero-order valence-corrected chi connectivity index (χ0v) is 11.7. The summed E-state index contributed by atoms with van der Waals surface area (Å²) in [5.74, 6) is 1.70. The number of aryl methyl sites for hydroxylation is 2. The Morgan fingerprint density at radius 2 is 2.17 bits per heavy atom. The van der Waals surface area contributed by atoms with Crippen molar-refractivity contribution in [3.8, 4) is 0 Å². The van der Waals surface area contributed by atoms with Crippen molar-refractivity contribution in [1.29, 1.82) is 0 Å². The molecule has 0 aromatic carbocycles. The van der Waals surface area contributed by atoms with E-state index in [-0.39, 0.29) is 0 Å². The molecular weight excluding hydrogens is 248 g/mol. The molecule has 2 rings (SSSR count). The van der Waals surface area contributed by atoms with Crippen molar-refractivity contribution in [3.63, 3.8) is 0 Å². The Hall–Kier alpha value is -1.63. The molecule has 2 heterocycles. The van der Waals surface area contributed by atoms with Crippen LogP contribution in [0.25, 0.3) is 0 Å². The first kappa shape index (κ1) is 12.8. The molecule has 1 N–H and O–H groups in total. The zero-order chi connectivity index (χ0) is 13.1. The highest BCUT2D eigenvalue weighted by atomic mass is 32.2. The van der Waals surface area contributed by atoms with E-state index < -0.39 is 0 Å². The summed E-state index contributed by atoms with van der Waals surface area (Å²) >= 11 is 1.50. The molecule has 0 aliphatic rings. The molecule has 0 fully saturated rings. The number of anilines is 1. The molecule has 0 amide bonds. The first-order chi connectivity index (χ1) is 8.65. The molecule has 0 saturated carbocycles. The van der Waals surface area contributed by atoms with Gasteiger partial charge in [-0.15, -0.1) is 10.2 Å². The van der Waals surface area contributed by atoms with Gasteiger partial charge in [-0.05, 0) is 18.7 Å². The summed E-state index contributed by atoms with van der Waals surface area (Å²) < 4.78 is 1.87. The predicted molar refractivity (Wildman–Crippen MR) is 70.8 cm³/mol. The van der Waals surface area contributed by atoms with Crippen molar-refractivity contribution in [1.82, 2.24) is 24.7 Å². The van der Waals surface area contributed by atoms with Crippen molar-refractivity contribution >= 4 is 17.6 Å². The third-order valence-corrected chi connectivity index (χ3v) is 3.70. The number of hydrogen-bond acceptors (Lipinski definition) is 6. The molecule has 0 aliphatic carbocycles. The van der Waals surface area contributed by atoms with Crippen molar-refractivity contribution < 1.29 is 0 Å². The minimum atomic E-state index is 0.807. The van der Waals surface area contributed by atoms with E-state index in [9.17, 15) is 0 Å². The average molecular weight is 264 g/mol. The van der Waals surface area contributed by atoms with Crippen LogP contribution in [0.1, 0.15) is 18.3 Å². The normalized spacial score (nSPS) is 10.7. The molecular formula is C11H16N6S.